The summed E-state index contributed by atoms with van der Waals surface area (Å²) in [5, 5.41) is 18.4. The summed E-state index contributed by atoms with van der Waals surface area (Å²) < 4.78 is 5.16. The van der Waals surface area contributed by atoms with Gasteiger partial charge in [-0.2, -0.15) is 11.3 Å². The number of carboxylic acids is 1. The first-order valence-electron chi connectivity index (χ1n) is 5.89. The van der Waals surface area contributed by atoms with Gasteiger partial charge in [0.2, 0.25) is 0 Å². The van der Waals surface area contributed by atoms with Crippen LogP contribution in [0.4, 0.5) is 4.79 Å². The van der Waals surface area contributed by atoms with Gasteiger partial charge in [-0.3, -0.25) is 4.79 Å². The predicted molar refractivity (Wildman–Crippen MR) is 70.0 cm³/mol. The van der Waals surface area contributed by atoms with E-state index in [1.807, 2.05) is 16.8 Å². The summed E-state index contributed by atoms with van der Waals surface area (Å²) in [6.07, 6.45) is 0. The molecule has 2 amide bonds. The summed E-state index contributed by atoms with van der Waals surface area (Å²) in [5.74, 6) is -0.965. The number of amides is 2. The van der Waals surface area contributed by atoms with Crippen LogP contribution in [-0.4, -0.2) is 36.4 Å². The van der Waals surface area contributed by atoms with Gasteiger partial charge in [0, 0.05) is 6.54 Å². The van der Waals surface area contributed by atoms with Gasteiger partial charge in [0.25, 0.3) is 0 Å². The third kappa shape index (κ3) is 3.05. The van der Waals surface area contributed by atoms with E-state index in [9.17, 15) is 14.7 Å². The van der Waals surface area contributed by atoms with Crippen LogP contribution in [0.1, 0.15) is 12.5 Å². The molecule has 7 heteroatoms. The van der Waals surface area contributed by atoms with Crippen molar-refractivity contribution in [3.05, 3.63) is 22.4 Å². The molecule has 3 N–H and O–H groups in total. The molecule has 2 heterocycles. The molecule has 19 heavy (non-hydrogen) atoms. The van der Waals surface area contributed by atoms with Crippen molar-refractivity contribution in [2.75, 3.05) is 13.2 Å². The fourth-order valence-corrected chi connectivity index (χ4v) is 2.54. The molecule has 0 saturated carbocycles. The Kier molecular flexibility index (Phi) is 4.06. The number of urea groups is 1. The molecule has 0 aliphatic carbocycles. The largest absolute Gasteiger partial charge is 0.481 e. The molecule has 0 radical (unpaired) electrons. The number of rotatable bonds is 4. The predicted octanol–water partition coefficient (Wildman–Crippen LogP) is 1.04. The Morgan fingerprint density at radius 3 is 3.05 bits per heavy atom. The number of carboxylic acid groups (broad SMARTS) is 1. The minimum absolute atomic E-state index is 0.109. The van der Waals surface area contributed by atoms with Crippen molar-refractivity contribution < 1.29 is 19.4 Å². The topological polar surface area (TPSA) is 87.7 Å². The average molecular weight is 284 g/mol. The molecule has 1 aromatic rings. The van der Waals surface area contributed by atoms with E-state index in [2.05, 4.69) is 10.6 Å². The first kappa shape index (κ1) is 13.8. The summed E-state index contributed by atoms with van der Waals surface area (Å²) >= 11 is 1.56. The number of carbonyl (C=O) groups is 2. The molecule has 0 aromatic carbocycles. The summed E-state index contributed by atoms with van der Waals surface area (Å²) in [4.78, 5) is 22.9. The van der Waals surface area contributed by atoms with Crippen LogP contribution in [0.2, 0.25) is 0 Å². The Balaban J connectivity index is 1.86. The third-order valence-corrected chi connectivity index (χ3v) is 4.01. The van der Waals surface area contributed by atoms with Crippen molar-refractivity contribution in [1.29, 1.82) is 0 Å². The first-order chi connectivity index (χ1) is 9.02. The second-order valence-electron chi connectivity index (χ2n) is 4.75. The van der Waals surface area contributed by atoms with E-state index in [-0.39, 0.29) is 19.2 Å². The lowest BCUT2D eigenvalue weighted by Gasteiger charge is -2.25. The summed E-state index contributed by atoms with van der Waals surface area (Å²) in [7, 11) is 0. The van der Waals surface area contributed by atoms with Gasteiger partial charge < -0.3 is 20.5 Å². The standard InChI is InChI=1S/C12H16N2O4S/c1-12(10(15)16)7-18-5-9(12)14-11(17)13-4-8-2-3-19-6-8/h2-3,6,9H,4-5,7H2,1H3,(H,15,16)(H2,13,14,17). The molecular weight excluding hydrogens is 268 g/mol. The minimum atomic E-state index is -1.07. The Bertz CT molecular complexity index is 462. The van der Waals surface area contributed by atoms with E-state index in [1.165, 1.54) is 0 Å². The quantitative estimate of drug-likeness (QED) is 0.771. The molecule has 6 nitrogen and oxygen atoms in total. The lowest BCUT2D eigenvalue weighted by Crippen LogP contribution is -2.52. The number of hydrogen-bond donors (Lipinski definition) is 3. The van der Waals surface area contributed by atoms with Gasteiger partial charge in [-0.25, -0.2) is 4.79 Å². The SMILES string of the molecule is CC1(C(=O)O)COCC1NC(=O)NCc1ccsc1. The van der Waals surface area contributed by atoms with Crippen molar-refractivity contribution in [3.8, 4) is 0 Å². The fraction of sp³-hybridized carbons (Fsp3) is 0.500. The van der Waals surface area contributed by atoms with Crippen LogP contribution in [0.15, 0.2) is 16.8 Å². The maximum Gasteiger partial charge on any atom is 0.315 e. The van der Waals surface area contributed by atoms with Crippen molar-refractivity contribution in [3.63, 3.8) is 0 Å². The van der Waals surface area contributed by atoms with Gasteiger partial charge in [0.1, 0.15) is 5.41 Å². The van der Waals surface area contributed by atoms with Crippen LogP contribution >= 0.6 is 11.3 Å². The molecule has 0 spiro atoms. The van der Waals surface area contributed by atoms with Crippen LogP contribution in [-0.2, 0) is 16.1 Å². The summed E-state index contributed by atoms with van der Waals surface area (Å²) in [6.45, 7) is 2.32. The van der Waals surface area contributed by atoms with Crippen LogP contribution in [0, 0.1) is 5.41 Å². The highest BCUT2D eigenvalue weighted by atomic mass is 32.1. The Morgan fingerprint density at radius 2 is 2.42 bits per heavy atom. The van der Waals surface area contributed by atoms with Crippen molar-refractivity contribution in [1.82, 2.24) is 10.6 Å². The Morgan fingerprint density at radius 1 is 1.63 bits per heavy atom. The first-order valence-corrected chi connectivity index (χ1v) is 6.83. The highest BCUT2D eigenvalue weighted by molar-refractivity contribution is 7.07. The normalized spacial score (nSPS) is 26.1. The molecule has 1 saturated heterocycles. The maximum absolute atomic E-state index is 11.7. The van der Waals surface area contributed by atoms with Crippen LogP contribution in [0.5, 0.6) is 0 Å². The number of ether oxygens (including phenoxy) is 1. The minimum Gasteiger partial charge on any atom is -0.481 e. The molecule has 1 aliphatic rings. The number of thiophene rings is 1. The van der Waals surface area contributed by atoms with E-state index in [1.54, 1.807) is 18.3 Å². The third-order valence-electron chi connectivity index (χ3n) is 3.28. The molecule has 1 aliphatic heterocycles. The number of aliphatic carboxylic acids is 1. The van der Waals surface area contributed by atoms with Crippen LogP contribution in [0.25, 0.3) is 0 Å². The van der Waals surface area contributed by atoms with Crippen LogP contribution < -0.4 is 10.6 Å². The highest BCUT2D eigenvalue weighted by Crippen LogP contribution is 2.28. The van der Waals surface area contributed by atoms with E-state index >= 15 is 0 Å². The van der Waals surface area contributed by atoms with Gasteiger partial charge in [-0.15, -0.1) is 0 Å². The molecule has 104 valence electrons. The zero-order valence-corrected chi connectivity index (χ0v) is 11.3. The zero-order valence-electron chi connectivity index (χ0n) is 10.5. The molecule has 2 rings (SSSR count). The van der Waals surface area contributed by atoms with Crippen molar-refractivity contribution in [2.24, 2.45) is 5.41 Å². The van der Waals surface area contributed by atoms with Gasteiger partial charge in [0.05, 0.1) is 19.3 Å². The number of nitrogens with one attached hydrogen (secondary N) is 2. The van der Waals surface area contributed by atoms with E-state index < -0.39 is 17.4 Å². The van der Waals surface area contributed by atoms with E-state index in [0.29, 0.717) is 6.54 Å². The van der Waals surface area contributed by atoms with E-state index in [0.717, 1.165) is 5.56 Å². The van der Waals surface area contributed by atoms with Crippen LogP contribution in [0.3, 0.4) is 0 Å². The lowest BCUT2D eigenvalue weighted by molar-refractivity contribution is -0.148. The van der Waals surface area contributed by atoms with Gasteiger partial charge in [-0.1, -0.05) is 0 Å². The molecule has 2 atom stereocenters. The second-order valence-corrected chi connectivity index (χ2v) is 5.53. The fourth-order valence-electron chi connectivity index (χ4n) is 1.87. The smallest absolute Gasteiger partial charge is 0.315 e. The summed E-state index contributed by atoms with van der Waals surface area (Å²) in [6, 6.07) is 1.02. The zero-order chi connectivity index (χ0) is 13.9. The maximum atomic E-state index is 11.7. The molecule has 0 bridgehead atoms. The Labute approximate surface area is 114 Å². The monoisotopic (exact) mass is 284 g/mol. The van der Waals surface area contributed by atoms with Gasteiger partial charge in [-0.05, 0) is 29.3 Å². The molecule has 1 aromatic heterocycles. The Hall–Kier alpha value is -1.60. The highest BCUT2D eigenvalue weighted by Gasteiger charge is 2.47. The van der Waals surface area contributed by atoms with E-state index in [4.69, 9.17) is 4.74 Å². The van der Waals surface area contributed by atoms with Gasteiger partial charge >= 0.3 is 12.0 Å². The van der Waals surface area contributed by atoms with Crippen molar-refractivity contribution >= 4 is 23.3 Å². The average Bonchev–Trinajstić information content (AvgIpc) is 2.98. The summed E-state index contributed by atoms with van der Waals surface area (Å²) in [5.41, 5.74) is -0.0523. The number of carbonyl (C=O) groups excluding carboxylic acids is 1. The molecule has 2 unspecified atom stereocenters. The molecule has 1 fully saturated rings. The second kappa shape index (κ2) is 5.58. The van der Waals surface area contributed by atoms with Crippen molar-refractivity contribution in [2.45, 2.75) is 19.5 Å². The number of hydrogen-bond acceptors (Lipinski definition) is 4. The van der Waals surface area contributed by atoms with Gasteiger partial charge in [0.15, 0.2) is 0 Å². The lowest BCUT2D eigenvalue weighted by atomic mass is 9.85. The molecular formula is C12H16N2O4S.